The summed E-state index contributed by atoms with van der Waals surface area (Å²) in [5.74, 6) is 3.47. The van der Waals surface area contributed by atoms with Gasteiger partial charge in [0, 0.05) is 19.1 Å². The van der Waals surface area contributed by atoms with Gasteiger partial charge in [-0.3, -0.25) is 4.79 Å². The maximum absolute atomic E-state index is 13.3. The number of hydrogen-bond donors (Lipinski definition) is 1. The zero-order valence-electron chi connectivity index (χ0n) is 22.6. The Morgan fingerprint density at radius 3 is 1.92 bits per heavy atom. The molecule has 1 saturated heterocycles. The van der Waals surface area contributed by atoms with Gasteiger partial charge in [-0.1, -0.05) is 35.9 Å². The maximum atomic E-state index is 13.3. The monoisotopic (exact) mass is 550 g/mol. The van der Waals surface area contributed by atoms with E-state index in [0.717, 1.165) is 48.6 Å². The first kappa shape index (κ1) is 27.2. The van der Waals surface area contributed by atoms with E-state index < -0.39 is 0 Å². The van der Waals surface area contributed by atoms with Crippen molar-refractivity contribution >= 4 is 17.5 Å². The van der Waals surface area contributed by atoms with Gasteiger partial charge in [-0.2, -0.15) is 0 Å². The number of rotatable bonds is 10. The van der Waals surface area contributed by atoms with Gasteiger partial charge in [0.05, 0.1) is 24.8 Å². The zero-order chi connectivity index (χ0) is 27.4. The van der Waals surface area contributed by atoms with E-state index >= 15 is 0 Å². The van der Waals surface area contributed by atoms with E-state index in [1.54, 1.807) is 26.4 Å². The van der Waals surface area contributed by atoms with E-state index in [1.807, 2.05) is 48.5 Å². The normalized spacial score (nSPS) is 20.4. The molecular weight excluding hydrogens is 516 g/mol. The van der Waals surface area contributed by atoms with Crippen LogP contribution in [0.5, 0.6) is 23.0 Å². The lowest BCUT2D eigenvalue weighted by Crippen LogP contribution is -2.34. The summed E-state index contributed by atoms with van der Waals surface area (Å²) >= 11 is 6.84. The second kappa shape index (κ2) is 12.2. The van der Waals surface area contributed by atoms with Crippen LogP contribution < -0.4 is 24.3 Å². The van der Waals surface area contributed by atoms with Gasteiger partial charge in [0.1, 0.15) is 24.7 Å². The topological polar surface area (TPSA) is 69.3 Å². The number of likely N-dealkylation sites (tertiary alicyclic amines) is 1. The minimum atomic E-state index is -0.186. The van der Waals surface area contributed by atoms with Crippen LogP contribution >= 0.6 is 11.6 Å². The van der Waals surface area contributed by atoms with Crippen molar-refractivity contribution in [1.82, 2.24) is 10.2 Å². The van der Waals surface area contributed by atoms with Gasteiger partial charge in [-0.15, -0.1) is 0 Å². The highest BCUT2D eigenvalue weighted by Crippen LogP contribution is 2.40. The van der Waals surface area contributed by atoms with Crippen molar-refractivity contribution in [3.05, 3.63) is 82.4 Å². The molecule has 1 saturated carbocycles. The van der Waals surface area contributed by atoms with Crippen molar-refractivity contribution in [1.29, 1.82) is 0 Å². The van der Waals surface area contributed by atoms with Gasteiger partial charge < -0.3 is 29.2 Å². The molecule has 3 aromatic rings. The molecule has 2 fully saturated rings. The third kappa shape index (κ3) is 6.43. The molecule has 1 amide bonds. The molecule has 1 N–H and O–H groups in total. The number of halogens is 1. The summed E-state index contributed by atoms with van der Waals surface area (Å²) < 4.78 is 22.8. The molecule has 2 aliphatic rings. The molecular formula is C31H35ClN2O5. The van der Waals surface area contributed by atoms with E-state index in [9.17, 15) is 4.79 Å². The summed E-state index contributed by atoms with van der Waals surface area (Å²) in [6.07, 6.45) is 2.00. The van der Waals surface area contributed by atoms with Crippen LogP contribution in [0.25, 0.3) is 0 Å². The van der Waals surface area contributed by atoms with Gasteiger partial charge >= 0.3 is 0 Å². The summed E-state index contributed by atoms with van der Waals surface area (Å²) in [6.45, 7) is 2.76. The zero-order valence-corrected chi connectivity index (χ0v) is 23.4. The highest BCUT2D eigenvalue weighted by atomic mass is 35.5. The first-order valence-electron chi connectivity index (χ1n) is 13.3. The average molecular weight is 551 g/mol. The molecule has 0 spiro atoms. The number of carbonyl (C=O) groups excluding carboxylic acids is 1. The first-order valence-corrected chi connectivity index (χ1v) is 13.6. The standard InChI is InChI=1S/C31H35ClN2O5/c1-34-16-22-14-24(15-23(22)17-34)33-31(35)27-12-13-28(38-18-20-4-8-25(36-2)9-5-20)30(29(27)32)39-19-21-6-10-26(37-3)11-7-21/h4-13,22-24H,14-19H2,1-3H3,(H,33,35)/t22-,23+,24?. The number of fused-ring (bicyclic) bond motifs is 1. The molecule has 8 heteroatoms. The Hall–Kier alpha value is -3.42. The molecule has 1 unspecified atom stereocenters. The number of nitrogens with one attached hydrogen (secondary N) is 1. The number of amides is 1. The third-order valence-electron chi connectivity index (χ3n) is 7.67. The van der Waals surface area contributed by atoms with E-state index in [0.29, 0.717) is 35.5 Å². The number of methoxy groups -OCH3 is 2. The molecule has 39 heavy (non-hydrogen) atoms. The predicted molar refractivity (Wildman–Crippen MR) is 151 cm³/mol. The van der Waals surface area contributed by atoms with Crippen LogP contribution in [0.2, 0.25) is 5.02 Å². The summed E-state index contributed by atoms with van der Waals surface area (Å²) in [4.78, 5) is 15.7. The highest BCUT2D eigenvalue weighted by Gasteiger charge is 2.40. The molecule has 3 aromatic carbocycles. The number of nitrogens with zero attached hydrogens (tertiary/aromatic N) is 1. The minimum absolute atomic E-state index is 0.159. The maximum Gasteiger partial charge on any atom is 0.253 e. The summed E-state index contributed by atoms with van der Waals surface area (Å²) in [7, 11) is 5.43. The first-order chi connectivity index (χ1) is 18.9. The van der Waals surface area contributed by atoms with Crippen LogP contribution in [0.1, 0.15) is 34.3 Å². The Labute approximate surface area is 235 Å². The van der Waals surface area contributed by atoms with Crippen molar-refractivity contribution in [3.8, 4) is 23.0 Å². The molecule has 1 aliphatic carbocycles. The fourth-order valence-corrected chi connectivity index (χ4v) is 5.93. The summed E-state index contributed by atoms with van der Waals surface area (Å²) in [6, 6.07) is 18.9. The third-order valence-corrected chi connectivity index (χ3v) is 8.05. The number of hydrogen-bond acceptors (Lipinski definition) is 6. The van der Waals surface area contributed by atoms with Crippen molar-refractivity contribution in [2.45, 2.75) is 32.1 Å². The SMILES string of the molecule is COc1ccc(COc2ccc(C(=O)NC3C[C@@H]4CN(C)C[C@@H]4C3)c(Cl)c2OCc2ccc(OC)cc2)cc1. The van der Waals surface area contributed by atoms with Gasteiger partial charge in [-0.05, 0) is 79.3 Å². The molecule has 0 radical (unpaired) electrons. The highest BCUT2D eigenvalue weighted by molar-refractivity contribution is 6.35. The van der Waals surface area contributed by atoms with E-state index in [-0.39, 0.29) is 23.6 Å². The van der Waals surface area contributed by atoms with E-state index in [4.69, 9.17) is 30.5 Å². The second-order valence-corrected chi connectivity index (χ2v) is 10.8. The Balaban J connectivity index is 1.33. The van der Waals surface area contributed by atoms with Crippen molar-refractivity contribution in [2.75, 3.05) is 34.4 Å². The van der Waals surface area contributed by atoms with Gasteiger partial charge in [-0.25, -0.2) is 0 Å². The molecule has 7 nitrogen and oxygen atoms in total. The van der Waals surface area contributed by atoms with Crippen molar-refractivity contribution in [3.63, 3.8) is 0 Å². The Morgan fingerprint density at radius 1 is 0.846 bits per heavy atom. The van der Waals surface area contributed by atoms with Crippen molar-refractivity contribution < 1.29 is 23.7 Å². The quantitative estimate of drug-likeness (QED) is 0.355. The number of benzene rings is 3. The average Bonchev–Trinajstić information content (AvgIpc) is 3.48. The molecule has 3 atom stereocenters. The number of ether oxygens (including phenoxy) is 4. The van der Waals surface area contributed by atoms with Crippen LogP contribution in [0.4, 0.5) is 0 Å². The van der Waals surface area contributed by atoms with Crippen LogP contribution in [0.3, 0.4) is 0 Å². The summed E-state index contributed by atoms with van der Waals surface area (Å²) in [5, 5.41) is 3.46. The van der Waals surface area contributed by atoms with Gasteiger partial charge in [0.25, 0.3) is 5.91 Å². The summed E-state index contributed by atoms with van der Waals surface area (Å²) in [5.41, 5.74) is 2.28. The lowest BCUT2D eigenvalue weighted by atomic mass is 10.0. The van der Waals surface area contributed by atoms with E-state index in [2.05, 4.69) is 17.3 Å². The fourth-order valence-electron chi connectivity index (χ4n) is 5.64. The Bertz CT molecular complexity index is 1270. The van der Waals surface area contributed by atoms with Gasteiger partial charge in [0.15, 0.2) is 11.5 Å². The van der Waals surface area contributed by atoms with Gasteiger partial charge in [0.2, 0.25) is 0 Å². The second-order valence-electron chi connectivity index (χ2n) is 10.4. The van der Waals surface area contributed by atoms with Crippen LogP contribution in [-0.2, 0) is 13.2 Å². The van der Waals surface area contributed by atoms with Crippen LogP contribution in [0.15, 0.2) is 60.7 Å². The van der Waals surface area contributed by atoms with E-state index in [1.165, 1.54) is 0 Å². The largest absolute Gasteiger partial charge is 0.497 e. The smallest absolute Gasteiger partial charge is 0.253 e. The number of carbonyl (C=O) groups is 1. The Kier molecular flexibility index (Phi) is 8.48. The lowest BCUT2D eigenvalue weighted by molar-refractivity contribution is 0.0935. The molecule has 1 heterocycles. The minimum Gasteiger partial charge on any atom is -0.497 e. The molecule has 1 aliphatic heterocycles. The molecule has 5 rings (SSSR count). The Morgan fingerprint density at radius 2 is 1.38 bits per heavy atom. The fraction of sp³-hybridized carbons (Fsp3) is 0.387. The van der Waals surface area contributed by atoms with Crippen LogP contribution in [0, 0.1) is 11.8 Å². The van der Waals surface area contributed by atoms with Crippen LogP contribution in [-0.4, -0.2) is 51.2 Å². The van der Waals surface area contributed by atoms with Crippen molar-refractivity contribution in [2.24, 2.45) is 11.8 Å². The molecule has 0 bridgehead atoms. The predicted octanol–water partition coefficient (Wildman–Crippen LogP) is 5.59. The lowest BCUT2D eigenvalue weighted by Gasteiger charge is -2.19. The molecule has 0 aromatic heterocycles. The molecule has 206 valence electrons.